The Kier molecular flexibility index (Phi) is 23.9. The number of benzene rings is 3. The third-order valence-corrected chi connectivity index (χ3v) is 19.3. The van der Waals surface area contributed by atoms with E-state index < -0.39 is 82.9 Å². The van der Waals surface area contributed by atoms with Crippen LogP contribution in [0.2, 0.25) is 0 Å². The van der Waals surface area contributed by atoms with Crippen LogP contribution in [0.3, 0.4) is 0 Å². The molecule has 30 nitrogen and oxygen atoms in total. The molecule has 1 saturated carbocycles. The van der Waals surface area contributed by atoms with Crippen molar-refractivity contribution in [1.82, 2.24) is 44.9 Å². The van der Waals surface area contributed by atoms with Crippen molar-refractivity contribution < 1.29 is 85.0 Å². The fraction of sp³-hybridized carbons (Fsp3) is 0.529. The van der Waals surface area contributed by atoms with Crippen LogP contribution in [0.4, 0.5) is 26.7 Å². The standard InChI is InChI=1S/C68H88N12O18S/c1-9-79-53-20-18-47-46(17-19-51(53)74-76-79)50(47)37-97-67(87)75-99(89,90)70-21-24-93-25-26-94-38-60(81)73-61(39(2)3)63(83)71-42(6)62(82)72-44-15-13-43(14-16-44)36-98-68(88)80-54-32-59(57(92-8)30-49(54)65(85)78-35-41(5)28-55(78)66(80)86)96-23-12-10-11-22-95-58-31-52-48(29-56(58)91-7)64(84)77-34-40(4)27-45(77)33-69-52/h13-16,29-35,39,42,45-47,50,55,61,66,70,86H,9-12,17-28,36-38H2,1-8H3,(H,71,83)(H,72,82)(H,73,81)(H,75,87)/t42-,45-,46-,47+,50-,55-,61-,66-/m0/s1. The number of anilines is 2. The fourth-order valence-electron chi connectivity index (χ4n) is 13.0. The number of nitrogens with zero attached hydrogens (tertiary/aromatic N) is 7. The average Bonchev–Trinajstić information content (AvgIpc) is 1.63. The lowest BCUT2D eigenvalue weighted by Crippen LogP contribution is -2.54. The number of aliphatic hydroxyl groups is 1. The largest absolute Gasteiger partial charge is 0.493 e. The van der Waals surface area contributed by atoms with Crippen molar-refractivity contribution in [3.05, 3.63) is 100 Å². The molecule has 4 aliphatic heterocycles. The van der Waals surface area contributed by atoms with Gasteiger partial charge < -0.3 is 68.8 Å². The van der Waals surface area contributed by atoms with Crippen LogP contribution in [0.5, 0.6) is 23.0 Å². The molecule has 0 bridgehead atoms. The summed E-state index contributed by atoms with van der Waals surface area (Å²) in [5, 5.41) is 28.5. The number of aryl methyl sites for hydroxylation is 2. The van der Waals surface area contributed by atoms with Crippen molar-refractivity contribution in [3.63, 3.8) is 0 Å². The summed E-state index contributed by atoms with van der Waals surface area (Å²) in [5.41, 5.74) is 6.00. The van der Waals surface area contributed by atoms with Crippen molar-refractivity contribution in [1.29, 1.82) is 0 Å². The number of hydrogen-bond donors (Lipinski definition) is 6. The van der Waals surface area contributed by atoms with Gasteiger partial charge in [0.2, 0.25) is 17.7 Å². The van der Waals surface area contributed by atoms with Crippen LogP contribution in [0.25, 0.3) is 0 Å². The lowest BCUT2D eigenvalue weighted by atomic mass is 10.0. The minimum atomic E-state index is -4.23. The minimum absolute atomic E-state index is 0.00194. The third-order valence-electron chi connectivity index (χ3n) is 18.3. The Morgan fingerprint density at radius 3 is 2.12 bits per heavy atom. The van der Waals surface area contributed by atoms with E-state index >= 15 is 0 Å². The van der Waals surface area contributed by atoms with Crippen LogP contribution in [-0.4, -0.2) is 184 Å². The van der Waals surface area contributed by atoms with Crippen LogP contribution < -0.4 is 49.2 Å². The molecule has 0 saturated heterocycles. The molecule has 1 fully saturated rings. The molecule has 6 aliphatic rings. The molecule has 0 spiro atoms. The number of nitrogens with one attached hydrogen (secondary N) is 5. The molecule has 534 valence electrons. The number of hydrogen-bond acceptors (Lipinski definition) is 21. The monoisotopic (exact) mass is 1390 g/mol. The SMILES string of the molecule is CCn1nnc2c1CC[C@@H]1[C@H](CC2)[C@@H]1COC(=O)NS(=O)(=O)NCCOCCOCC(=O)N[C@H](C(=O)N[C@@H](C)C(=O)Nc1ccc(COC(=O)N2c3cc(OCCCCCOc4cc5c(cc4OC)C(=O)N4C=C(C)C[C@H]4C=N5)c(OC)cc3C(=O)N3C=C(C)C[C@H]3[C@@H]2O)cc1)C(C)C. The molecule has 31 heteroatoms. The molecule has 0 unspecified atom stereocenters. The van der Waals surface area contributed by atoms with Crippen molar-refractivity contribution in [2.45, 2.75) is 143 Å². The van der Waals surface area contributed by atoms with Crippen LogP contribution >= 0.6 is 0 Å². The number of aliphatic hydroxyl groups excluding tert-OH is 1. The maximum absolute atomic E-state index is 14.3. The molecule has 8 atom stereocenters. The summed E-state index contributed by atoms with van der Waals surface area (Å²) in [6.45, 7) is 11.2. The zero-order valence-corrected chi connectivity index (χ0v) is 57.7. The summed E-state index contributed by atoms with van der Waals surface area (Å²) < 4.78 is 76.5. The Labute approximate surface area is 574 Å². The number of unbranched alkanes of at least 4 members (excludes halogenated alkanes) is 2. The fourth-order valence-corrected chi connectivity index (χ4v) is 13.7. The number of fused-ring (bicyclic) bond motifs is 6. The highest BCUT2D eigenvalue weighted by molar-refractivity contribution is 7.88. The van der Waals surface area contributed by atoms with E-state index in [0.717, 1.165) is 66.1 Å². The van der Waals surface area contributed by atoms with E-state index in [1.54, 1.807) is 67.6 Å². The summed E-state index contributed by atoms with van der Waals surface area (Å²) >= 11 is 0. The van der Waals surface area contributed by atoms with Crippen molar-refractivity contribution >= 4 is 75.2 Å². The second-order valence-electron chi connectivity index (χ2n) is 25.7. The molecule has 6 N–H and O–H groups in total. The first-order chi connectivity index (χ1) is 47.5. The number of carbonyl (C=O) groups excluding carboxylic acids is 7. The van der Waals surface area contributed by atoms with E-state index in [4.69, 9.17) is 37.9 Å². The molecule has 5 heterocycles. The van der Waals surface area contributed by atoms with Crippen LogP contribution in [-0.2, 0) is 69.5 Å². The van der Waals surface area contributed by atoms with E-state index in [1.165, 1.54) is 38.2 Å². The van der Waals surface area contributed by atoms with Gasteiger partial charge in [-0.2, -0.15) is 13.1 Å². The quantitative estimate of drug-likeness (QED) is 0.0315. The van der Waals surface area contributed by atoms with E-state index in [-0.39, 0.29) is 93.2 Å². The molecule has 10 rings (SSSR count). The zero-order chi connectivity index (χ0) is 70.7. The maximum atomic E-state index is 14.3. The summed E-state index contributed by atoms with van der Waals surface area (Å²) in [7, 11) is -1.28. The first-order valence-electron chi connectivity index (χ1n) is 33.4. The first-order valence-corrected chi connectivity index (χ1v) is 34.9. The molecular weight excluding hydrogens is 1300 g/mol. The molecule has 7 amide bonds. The van der Waals surface area contributed by atoms with Gasteiger partial charge in [-0.3, -0.25) is 29.0 Å². The average molecular weight is 1390 g/mol. The number of methoxy groups -OCH3 is 2. The van der Waals surface area contributed by atoms with Crippen molar-refractivity contribution in [2.24, 2.45) is 28.7 Å². The van der Waals surface area contributed by atoms with Gasteiger partial charge in [0.05, 0.1) is 99.8 Å². The topological polar surface area (TPSA) is 361 Å². The van der Waals surface area contributed by atoms with Gasteiger partial charge in [-0.25, -0.2) is 23.9 Å². The zero-order valence-electron chi connectivity index (χ0n) is 56.9. The number of aliphatic imine (C=N–C) groups is 1. The Morgan fingerprint density at radius 1 is 0.747 bits per heavy atom. The molecular formula is C68H88N12O18S. The predicted octanol–water partition coefficient (Wildman–Crippen LogP) is 5.99. The molecule has 0 radical (unpaired) electrons. The molecule has 2 aliphatic carbocycles. The van der Waals surface area contributed by atoms with E-state index in [0.29, 0.717) is 71.7 Å². The lowest BCUT2D eigenvalue weighted by molar-refractivity contribution is -0.133. The Morgan fingerprint density at radius 2 is 1.41 bits per heavy atom. The summed E-state index contributed by atoms with van der Waals surface area (Å²) in [5.74, 6) is -0.539. The second-order valence-corrected chi connectivity index (χ2v) is 27.2. The van der Waals surface area contributed by atoms with Gasteiger partial charge in [-0.15, -0.1) is 5.10 Å². The van der Waals surface area contributed by atoms with Gasteiger partial charge in [-0.05, 0) is 139 Å². The van der Waals surface area contributed by atoms with Crippen LogP contribution in [0.1, 0.15) is 124 Å². The third kappa shape index (κ3) is 17.8. The van der Waals surface area contributed by atoms with E-state index in [1.807, 2.05) is 36.4 Å². The summed E-state index contributed by atoms with van der Waals surface area (Å²) in [4.78, 5) is 103. The Balaban J connectivity index is 0.627. The minimum Gasteiger partial charge on any atom is -0.493 e. The number of ether oxygens (including phenoxy) is 8. The van der Waals surface area contributed by atoms with E-state index in [2.05, 4.69) is 36.0 Å². The Bertz CT molecular complexity index is 3860. The van der Waals surface area contributed by atoms with Crippen LogP contribution in [0.15, 0.2) is 77.1 Å². The number of aromatic nitrogens is 3. The number of rotatable bonds is 31. The Hall–Kier alpha value is -9.17. The van der Waals surface area contributed by atoms with Gasteiger partial charge in [0, 0.05) is 49.5 Å². The second kappa shape index (κ2) is 32.7. The van der Waals surface area contributed by atoms with Crippen molar-refractivity contribution in [3.8, 4) is 23.0 Å². The summed E-state index contributed by atoms with van der Waals surface area (Å²) in [6.07, 6.45) is 8.13. The maximum Gasteiger partial charge on any atom is 0.421 e. The van der Waals surface area contributed by atoms with Gasteiger partial charge in [0.15, 0.2) is 29.2 Å². The molecule has 4 aromatic rings. The highest BCUT2D eigenvalue weighted by atomic mass is 32.2. The number of carbonyl (C=O) groups is 7. The van der Waals surface area contributed by atoms with Gasteiger partial charge in [0.25, 0.3) is 11.8 Å². The van der Waals surface area contributed by atoms with Gasteiger partial charge in [-0.1, -0.05) is 42.3 Å². The van der Waals surface area contributed by atoms with E-state index in [9.17, 15) is 47.1 Å². The first kappa shape index (κ1) is 72.6. The molecule has 99 heavy (non-hydrogen) atoms. The highest BCUT2D eigenvalue weighted by Gasteiger charge is 2.51. The highest BCUT2D eigenvalue weighted by Crippen LogP contribution is 2.53. The predicted molar refractivity (Wildman–Crippen MR) is 360 cm³/mol. The smallest absolute Gasteiger partial charge is 0.421 e. The van der Waals surface area contributed by atoms with Gasteiger partial charge in [0.1, 0.15) is 25.3 Å². The lowest BCUT2D eigenvalue weighted by Gasteiger charge is -2.31. The summed E-state index contributed by atoms with van der Waals surface area (Å²) in [6, 6.07) is 9.67. The molecule has 3 aromatic carbocycles. The van der Waals surface area contributed by atoms with Crippen molar-refractivity contribution in [2.75, 3.05) is 77.2 Å². The van der Waals surface area contributed by atoms with Crippen LogP contribution in [0, 0.1) is 23.7 Å². The normalized spacial score (nSPS) is 20.3. The van der Waals surface area contributed by atoms with Gasteiger partial charge >= 0.3 is 22.4 Å². The number of amides is 7. The molecule has 1 aromatic heterocycles.